The first-order chi connectivity index (χ1) is 13.5. The van der Waals surface area contributed by atoms with E-state index in [1.165, 1.54) is 6.07 Å². The number of aryl methyl sites for hydroxylation is 2. The van der Waals surface area contributed by atoms with Crippen molar-refractivity contribution in [1.82, 2.24) is 28.9 Å². The number of nitrogens with zero attached hydrogens (tertiary/aromatic N) is 6. The lowest BCUT2D eigenvalue weighted by Crippen LogP contribution is -2.18. The third kappa shape index (κ3) is 2.26. The Bertz CT molecular complexity index is 1240. The van der Waals surface area contributed by atoms with E-state index in [1.807, 2.05) is 42.9 Å². The van der Waals surface area contributed by atoms with Crippen molar-refractivity contribution in [2.24, 2.45) is 11.8 Å². The molecule has 1 aliphatic heterocycles. The van der Waals surface area contributed by atoms with Gasteiger partial charge in [-0.1, -0.05) is 0 Å². The maximum atomic E-state index is 14.9. The van der Waals surface area contributed by atoms with Crippen molar-refractivity contribution in [3.8, 4) is 11.3 Å². The maximum Gasteiger partial charge on any atom is 0.173 e. The van der Waals surface area contributed by atoms with Crippen LogP contribution in [0.2, 0.25) is 0 Å². The van der Waals surface area contributed by atoms with Crippen molar-refractivity contribution in [2.75, 3.05) is 20.1 Å². The van der Waals surface area contributed by atoms with E-state index >= 15 is 0 Å². The topological polar surface area (TPSA) is 50.7 Å². The molecule has 5 heterocycles. The van der Waals surface area contributed by atoms with Crippen LogP contribution in [0.15, 0.2) is 30.7 Å². The van der Waals surface area contributed by atoms with Gasteiger partial charge in [0.2, 0.25) is 0 Å². The fourth-order valence-corrected chi connectivity index (χ4v) is 4.94. The lowest BCUT2D eigenvalue weighted by atomic mass is 10.1. The van der Waals surface area contributed by atoms with Crippen molar-refractivity contribution in [1.29, 1.82) is 0 Å². The van der Waals surface area contributed by atoms with E-state index in [4.69, 9.17) is 0 Å². The van der Waals surface area contributed by atoms with Gasteiger partial charge in [0.15, 0.2) is 17.1 Å². The largest absolute Gasteiger partial charge is 0.306 e. The molecule has 4 aromatic rings. The molecule has 6 nitrogen and oxygen atoms in total. The van der Waals surface area contributed by atoms with E-state index in [1.54, 1.807) is 4.52 Å². The fourth-order valence-electron chi connectivity index (χ4n) is 4.94. The normalized spacial score (nSPS) is 24.4. The Hall–Kier alpha value is -2.80. The van der Waals surface area contributed by atoms with Gasteiger partial charge < -0.3 is 9.30 Å². The Labute approximate surface area is 161 Å². The third-order valence-corrected chi connectivity index (χ3v) is 6.27. The minimum atomic E-state index is -0.312. The summed E-state index contributed by atoms with van der Waals surface area (Å²) in [6.45, 7) is 6.17. The number of hydrogen-bond donors (Lipinski definition) is 0. The predicted molar refractivity (Wildman–Crippen MR) is 104 cm³/mol. The van der Waals surface area contributed by atoms with Crippen molar-refractivity contribution in [3.05, 3.63) is 53.5 Å². The summed E-state index contributed by atoms with van der Waals surface area (Å²) in [6, 6.07) is 3.49. The highest BCUT2D eigenvalue weighted by Gasteiger charge is 2.56. The first-order valence-electron chi connectivity index (χ1n) is 9.68. The van der Waals surface area contributed by atoms with Crippen LogP contribution in [0.1, 0.15) is 22.9 Å². The highest BCUT2D eigenvalue weighted by Crippen LogP contribution is 2.57. The van der Waals surface area contributed by atoms with Crippen molar-refractivity contribution in [3.63, 3.8) is 0 Å². The zero-order chi connectivity index (χ0) is 19.2. The van der Waals surface area contributed by atoms with E-state index in [0.717, 1.165) is 46.9 Å². The molecule has 6 rings (SSSR count). The smallest absolute Gasteiger partial charge is 0.173 e. The molecule has 7 heteroatoms. The Morgan fingerprint density at radius 3 is 2.57 bits per heavy atom. The first kappa shape index (κ1) is 16.2. The molecule has 3 atom stereocenters. The Kier molecular flexibility index (Phi) is 3.11. The van der Waals surface area contributed by atoms with Crippen LogP contribution in [-0.4, -0.2) is 49.0 Å². The standard InChI is InChI=1S/C21H21FN6/c1-11-4-17(25-28-6-12(2)23-20(11)28)13-5-16(22)21-24-18(10-27(21)7-13)19-14-8-26(3)9-15(14)19/h4-7,10,14-15,19H,8-9H2,1-3H3/t14-,15+,19?. The second-order valence-corrected chi connectivity index (χ2v) is 8.41. The van der Waals surface area contributed by atoms with Gasteiger partial charge >= 0.3 is 0 Å². The predicted octanol–water partition coefficient (Wildman–Crippen LogP) is 3.07. The van der Waals surface area contributed by atoms with E-state index < -0.39 is 0 Å². The minimum Gasteiger partial charge on any atom is -0.306 e. The summed E-state index contributed by atoms with van der Waals surface area (Å²) < 4.78 is 18.4. The molecule has 1 unspecified atom stereocenters. The van der Waals surface area contributed by atoms with E-state index in [0.29, 0.717) is 23.4 Å². The molecule has 0 amide bonds. The van der Waals surface area contributed by atoms with E-state index in [2.05, 4.69) is 27.0 Å². The number of piperidine rings is 1. The molecule has 1 saturated heterocycles. The van der Waals surface area contributed by atoms with Crippen molar-refractivity contribution in [2.45, 2.75) is 19.8 Å². The molecule has 142 valence electrons. The third-order valence-electron chi connectivity index (χ3n) is 6.27. The second kappa shape index (κ2) is 5.38. The molecule has 1 aliphatic carbocycles. The summed E-state index contributed by atoms with van der Waals surface area (Å²) >= 11 is 0. The number of fused-ring (bicyclic) bond motifs is 3. The average Bonchev–Trinajstić information content (AvgIpc) is 3.02. The summed E-state index contributed by atoms with van der Waals surface area (Å²) in [6.07, 6.45) is 5.81. The highest BCUT2D eigenvalue weighted by molar-refractivity contribution is 5.64. The number of aromatic nitrogens is 5. The fraction of sp³-hybridized carbons (Fsp3) is 0.381. The van der Waals surface area contributed by atoms with Gasteiger partial charge in [-0.05, 0) is 50.4 Å². The summed E-state index contributed by atoms with van der Waals surface area (Å²) in [5, 5.41) is 4.63. The number of halogens is 1. The Balaban J connectivity index is 1.43. The highest BCUT2D eigenvalue weighted by atomic mass is 19.1. The average molecular weight is 376 g/mol. The molecule has 0 radical (unpaired) electrons. The van der Waals surface area contributed by atoms with Crippen molar-refractivity contribution >= 4 is 11.3 Å². The van der Waals surface area contributed by atoms with E-state index in [9.17, 15) is 4.39 Å². The maximum absolute atomic E-state index is 14.9. The van der Waals surface area contributed by atoms with Crippen LogP contribution in [0.25, 0.3) is 22.6 Å². The lowest BCUT2D eigenvalue weighted by Gasteiger charge is -2.11. The van der Waals surface area contributed by atoms with Gasteiger partial charge in [0.25, 0.3) is 0 Å². The summed E-state index contributed by atoms with van der Waals surface area (Å²) in [7, 11) is 2.16. The monoisotopic (exact) mass is 376 g/mol. The summed E-state index contributed by atoms with van der Waals surface area (Å²) in [5.41, 5.74) is 5.63. The molecule has 0 bridgehead atoms. The van der Waals surface area contributed by atoms with Crippen LogP contribution in [0.5, 0.6) is 0 Å². The van der Waals surface area contributed by atoms with Crippen LogP contribution in [0.3, 0.4) is 0 Å². The van der Waals surface area contributed by atoms with Gasteiger partial charge in [0.1, 0.15) is 0 Å². The second-order valence-electron chi connectivity index (χ2n) is 8.41. The molecule has 2 fully saturated rings. The Morgan fingerprint density at radius 2 is 1.79 bits per heavy atom. The molecule has 4 aromatic heterocycles. The van der Waals surface area contributed by atoms with Crippen LogP contribution in [0.4, 0.5) is 4.39 Å². The molecule has 0 aromatic carbocycles. The van der Waals surface area contributed by atoms with Crippen LogP contribution in [-0.2, 0) is 0 Å². The number of rotatable bonds is 2. The molecular formula is C21H21FN6. The van der Waals surface area contributed by atoms with Crippen LogP contribution in [0, 0.1) is 31.5 Å². The van der Waals surface area contributed by atoms with Crippen LogP contribution >= 0.6 is 0 Å². The number of likely N-dealkylation sites (tertiary alicyclic amines) is 1. The quantitative estimate of drug-likeness (QED) is 0.540. The molecule has 2 aliphatic rings. The SMILES string of the molecule is Cc1cn2nc(-c3cc(F)c4nc(C5[C@H]6CN(C)C[C@@H]56)cn4c3)cc(C)c2n1. The molecular weight excluding hydrogens is 355 g/mol. The number of pyridine rings is 1. The Morgan fingerprint density at radius 1 is 1.00 bits per heavy atom. The van der Waals surface area contributed by atoms with Gasteiger partial charge in [-0.3, -0.25) is 0 Å². The van der Waals surface area contributed by atoms with Crippen molar-refractivity contribution < 1.29 is 4.39 Å². The minimum absolute atomic E-state index is 0.312. The zero-order valence-electron chi connectivity index (χ0n) is 16.1. The van der Waals surface area contributed by atoms with E-state index in [-0.39, 0.29) is 5.82 Å². The molecule has 28 heavy (non-hydrogen) atoms. The van der Waals surface area contributed by atoms with Gasteiger partial charge in [-0.25, -0.2) is 18.9 Å². The summed E-state index contributed by atoms with van der Waals surface area (Å²) in [4.78, 5) is 11.5. The molecule has 0 N–H and O–H groups in total. The van der Waals surface area contributed by atoms with Gasteiger partial charge in [-0.15, -0.1) is 0 Å². The van der Waals surface area contributed by atoms with Crippen LogP contribution < -0.4 is 0 Å². The number of imidazole rings is 2. The lowest BCUT2D eigenvalue weighted by molar-refractivity contribution is 0.362. The van der Waals surface area contributed by atoms with Gasteiger partial charge in [0.05, 0.1) is 23.3 Å². The van der Waals surface area contributed by atoms with Gasteiger partial charge in [-0.2, -0.15) is 5.10 Å². The first-order valence-corrected chi connectivity index (χ1v) is 9.68. The molecule has 0 spiro atoms. The number of hydrogen-bond acceptors (Lipinski definition) is 4. The van der Waals surface area contributed by atoms with Gasteiger partial charge in [0, 0.05) is 37.0 Å². The molecule has 1 saturated carbocycles. The zero-order valence-corrected chi connectivity index (χ0v) is 16.1. The summed E-state index contributed by atoms with van der Waals surface area (Å²) in [5.74, 6) is 1.51.